The summed E-state index contributed by atoms with van der Waals surface area (Å²) >= 11 is 0. The maximum absolute atomic E-state index is 12.2. The van der Waals surface area contributed by atoms with Crippen molar-refractivity contribution in [2.24, 2.45) is 0 Å². The van der Waals surface area contributed by atoms with Gasteiger partial charge in [0.15, 0.2) is 0 Å². The first-order valence-electron chi connectivity index (χ1n) is 7.74. The Hall–Kier alpha value is -0.650. The van der Waals surface area contributed by atoms with Crippen LogP contribution in [-0.4, -0.2) is 74.2 Å². The second-order valence-corrected chi connectivity index (χ2v) is 6.06. The van der Waals surface area contributed by atoms with Crippen LogP contribution in [0.1, 0.15) is 33.6 Å². The SMILES string of the molecule is CCNC(C)(CN(C)C1CCCN(C)C1)C(=O)OCC. The van der Waals surface area contributed by atoms with Crippen LogP contribution in [0, 0.1) is 0 Å². The zero-order chi connectivity index (χ0) is 15.2. The molecular weight excluding hydrogens is 254 g/mol. The predicted molar refractivity (Wildman–Crippen MR) is 81.9 cm³/mol. The van der Waals surface area contributed by atoms with Gasteiger partial charge >= 0.3 is 5.97 Å². The van der Waals surface area contributed by atoms with Crippen LogP contribution in [0.15, 0.2) is 0 Å². The van der Waals surface area contributed by atoms with Crippen LogP contribution in [0.25, 0.3) is 0 Å². The molecule has 1 aliphatic rings. The third kappa shape index (κ3) is 4.72. The number of piperidine rings is 1. The van der Waals surface area contributed by atoms with E-state index in [4.69, 9.17) is 4.74 Å². The molecule has 1 fully saturated rings. The van der Waals surface area contributed by atoms with Crippen LogP contribution in [0.5, 0.6) is 0 Å². The zero-order valence-electron chi connectivity index (χ0n) is 13.7. The summed E-state index contributed by atoms with van der Waals surface area (Å²) in [6.07, 6.45) is 2.43. The molecule has 118 valence electrons. The second kappa shape index (κ2) is 7.96. The lowest BCUT2D eigenvalue weighted by atomic mass is 9.98. The molecular formula is C15H31N3O2. The van der Waals surface area contributed by atoms with Gasteiger partial charge in [0.05, 0.1) is 6.61 Å². The van der Waals surface area contributed by atoms with Gasteiger partial charge in [-0.15, -0.1) is 0 Å². The number of nitrogens with one attached hydrogen (secondary N) is 1. The molecule has 0 bridgehead atoms. The molecule has 0 aromatic rings. The Kier molecular flexibility index (Phi) is 6.92. The van der Waals surface area contributed by atoms with Crippen LogP contribution >= 0.6 is 0 Å². The quantitative estimate of drug-likeness (QED) is 0.706. The molecule has 0 aromatic heterocycles. The third-order valence-electron chi connectivity index (χ3n) is 4.08. The van der Waals surface area contributed by atoms with Gasteiger partial charge in [-0.25, -0.2) is 0 Å². The van der Waals surface area contributed by atoms with E-state index in [0.717, 1.165) is 13.1 Å². The van der Waals surface area contributed by atoms with Gasteiger partial charge in [-0.2, -0.15) is 0 Å². The fraction of sp³-hybridized carbons (Fsp3) is 0.933. The molecule has 1 rings (SSSR count). The second-order valence-electron chi connectivity index (χ2n) is 6.06. The summed E-state index contributed by atoms with van der Waals surface area (Å²) in [6.45, 7) is 9.92. The Morgan fingerprint density at radius 2 is 2.20 bits per heavy atom. The van der Waals surface area contributed by atoms with Crippen molar-refractivity contribution >= 4 is 5.97 Å². The van der Waals surface area contributed by atoms with Crippen molar-refractivity contribution in [2.75, 3.05) is 46.9 Å². The fourth-order valence-electron chi connectivity index (χ4n) is 3.00. The normalized spacial score (nSPS) is 23.6. The average Bonchev–Trinajstić information content (AvgIpc) is 2.39. The highest BCUT2D eigenvalue weighted by atomic mass is 16.5. The van der Waals surface area contributed by atoms with Gasteiger partial charge in [-0.1, -0.05) is 6.92 Å². The molecule has 0 radical (unpaired) electrons. The Bertz CT molecular complexity index is 311. The van der Waals surface area contributed by atoms with E-state index < -0.39 is 5.54 Å². The molecule has 1 heterocycles. The highest BCUT2D eigenvalue weighted by Gasteiger charge is 2.37. The minimum Gasteiger partial charge on any atom is -0.465 e. The van der Waals surface area contributed by atoms with Crippen molar-refractivity contribution in [3.05, 3.63) is 0 Å². The fourth-order valence-corrected chi connectivity index (χ4v) is 3.00. The van der Waals surface area contributed by atoms with Crippen molar-refractivity contribution < 1.29 is 9.53 Å². The number of ether oxygens (including phenoxy) is 1. The molecule has 0 spiro atoms. The highest BCUT2D eigenvalue weighted by Crippen LogP contribution is 2.17. The number of likely N-dealkylation sites (tertiary alicyclic amines) is 1. The molecule has 5 heteroatoms. The lowest BCUT2D eigenvalue weighted by molar-refractivity contribution is -0.151. The van der Waals surface area contributed by atoms with E-state index >= 15 is 0 Å². The van der Waals surface area contributed by atoms with Gasteiger partial charge < -0.3 is 15.0 Å². The molecule has 1 N–H and O–H groups in total. The van der Waals surface area contributed by atoms with Crippen molar-refractivity contribution in [1.82, 2.24) is 15.1 Å². The molecule has 0 aliphatic carbocycles. The maximum atomic E-state index is 12.2. The maximum Gasteiger partial charge on any atom is 0.327 e. The topological polar surface area (TPSA) is 44.8 Å². The minimum atomic E-state index is -0.629. The van der Waals surface area contributed by atoms with Crippen molar-refractivity contribution in [3.8, 4) is 0 Å². The van der Waals surface area contributed by atoms with Crippen molar-refractivity contribution in [2.45, 2.75) is 45.2 Å². The van der Waals surface area contributed by atoms with E-state index in [1.165, 1.54) is 19.4 Å². The van der Waals surface area contributed by atoms with E-state index in [2.05, 4.69) is 29.2 Å². The molecule has 5 nitrogen and oxygen atoms in total. The first-order chi connectivity index (χ1) is 9.42. The molecule has 0 saturated carbocycles. The van der Waals surface area contributed by atoms with Crippen LogP contribution < -0.4 is 5.32 Å². The number of esters is 1. The lowest BCUT2D eigenvalue weighted by Crippen LogP contribution is -2.59. The van der Waals surface area contributed by atoms with Crippen LogP contribution in [0.4, 0.5) is 0 Å². The minimum absolute atomic E-state index is 0.155. The monoisotopic (exact) mass is 285 g/mol. The van der Waals surface area contributed by atoms with Crippen LogP contribution in [0.3, 0.4) is 0 Å². The molecule has 0 amide bonds. The predicted octanol–water partition coefficient (Wildman–Crippen LogP) is 0.944. The summed E-state index contributed by atoms with van der Waals surface area (Å²) in [4.78, 5) is 16.9. The molecule has 1 aliphatic heterocycles. The number of rotatable bonds is 7. The number of carbonyl (C=O) groups is 1. The van der Waals surface area contributed by atoms with E-state index in [0.29, 0.717) is 19.2 Å². The molecule has 0 aromatic carbocycles. The number of carbonyl (C=O) groups excluding carboxylic acids is 1. The molecule has 2 atom stereocenters. The van der Waals surface area contributed by atoms with Gasteiger partial charge in [0.25, 0.3) is 0 Å². The van der Waals surface area contributed by atoms with Gasteiger partial charge in [0.2, 0.25) is 0 Å². The summed E-state index contributed by atoms with van der Waals surface area (Å²) in [5.41, 5.74) is -0.629. The van der Waals surface area contributed by atoms with E-state index in [1.54, 1.807) is 0 Å². The lowest BCUT2D eigenvalue weighted by Gasteiger charge is -2.40. The molecule has 20 heavy (non-hydrogen) atoms. The Morgan fingerprint density at radius 3 is 2.75 bits per heavy atom. The number of hydrogen-bond acceptors (Lipinski definition) is 5. The van der Waals surface area contributed by atoms with Crippen LogP contribution in [-0.2, 0) is 9.53 Å². The highest BCUT2D eigenvalue weighted by molar-refractivity contribution is 5.80. The van der Waals surface area contributed by atoms with Gasteiger partial charge in [0, 0.05) is 19.1 Å². The largest absolute Gasteiger partial charge is 0.465 e. The first kappa shape index (κ1) is 17.4. The molecule has 1 saturated heterocycles. The summed E-state index contributed by atoms with van der Waals surface area (Å²) in [6, 6.07) is 0.515. The zero-order valence-corrected chi connectivity index (χ0v) is 13.7. The number of nitrogens with zero attached hydrogens (tertiary/aromatic N) is 2. The Morgan fingerprint density at radius 1 is 1.50 bits per heavy atom. The van der Waals surface area contributed by atoms with Crippen molar-refractivity contribution in [1.29, 1.82) is 0 Å². The standard InChI is InChI=1S/C15H31N3O2/c1-6-16-15(3,14(19)20-7-2)12-18(5)13-9-8-10-17(4)11-13/h13,16H,6-12H2,1-5H3. The summed E-state index contributed by atoms with van der Waals surface area (Å²) < 4.78 is 5.23. The number of hydrogen-bond donors (Lipinski definition) is 1. The van der Waals surface area contributed by atoms with Crippen molar-refractivity contribution in [3.63, 3.8) is 0 Å². The molecule has 2 unspecified atom stereocenters. The summed E-state index contributed by atoms with van der Waals surface area (Å²) in [5.74, 6) is -0.155. The van der Waals surface area contributed by atoms with Gasteiger partial charge in [-0.05, 0) is 53.9 Å². The Labute approximate surface area is 123 Å². The van der Waals surface area contributed by atoms with E-state index in [9.17, 15) is 4.79 Å². The van der Waals surface area contributed by atoms with Gasteiger partial charge in [0.1, 0.15) is 5.54 Å². The van der Waals surface area contributed by atoms with E-state index in [1.807, 2.05) is 20.8 Å². The average molecular weight is 285 g/mol. The third-order valence-corrected chi connectivity index (χ3v) is 4.08. The number of likely N-dealkylation sites (N-methyl/N-ethyl adjacent to an activating group) is 3. The van der Waals surface area contributed by atoms with Crippen LogP contribution in [0.2, 0.25) is 0 Å². The van der Waals surface area contributed by atoms with Gasteiger partial charge in [-0.3, -0.25) is 9.69 Å². The Balaban J connectivity index is 2.66. The summed E-state index contributed by atoms with van der Waals surface area (Å²) in [5, 5.41) is 3.29. The van der Waals surface area contributed by atoms with E-state index in [-0.39, 0.29) is 5.97 Å². The first-order valence-corrected chi connectivity index (χ1v) is 7.74. The smallest absolute Gasteiger partial charge is 0.327 e. The summed E-state index contributed by atoms with van der Waals surface area (Å²) in [7, 11) is 4.27.